The summed E-state index contributed by atoms with van der Waals surface area (Å²) in [5.41, 5.74) is 0.676. The molecule has 17 heavy (non-hydrogen) atoms. The number of thioether (sulfide) groups is 1. The zero-order chi connectivity index (χ0) is 12.8. The van der Waals surface area contributed by atoms with Gasteiger partial charge in [-0.1, -0.05) is 12.1 Å². The Balaban J connectivity index is 2.78. The number of nitrogens with one attached hydrogen (secondary N) is 1. The maximum atomic E-state index is 10.9. The summed E-state index contributed by atoms with van der Waals surface area (Å²) in [5, 5.41) is 21.7. The Kier molecular flexibility index (Phi) is 5.47. The van der Waals surface area contributed by atoms with E-state index in [-0.39, 0.29) is 12.5 Å². The van der Waals surface area contributed by atoms with Crippen molar-refractivity contribution in [1.82, 2.24) is 5.32 Å². The predicted octanol–water partition coefficient (Wildman–Crippen LogP) is 0.939. The Hall–Kier alpha value is -1.04. The first kappa shape index (κ1) is 14.0. The van der Waals surface area contributed by atoms with Crippen molar-refractivity contribution in [2.45, 2.75) is 24.0 Å². The van der Waals surface area contributed by atoms with Crippen LogP contribution in [0.15, 0.2) is 29.2 Å². The summed E-state index contributed by atoms with van der Waals surface area (Å²) in [6.45, 7) is 1.05. The molecular weight excluding hydrogens is 238 g/mol. The highest BCUT2D eigenvalue weighted by Gasteiger charge is 2.20. The Morgan fingerprint density at radius 3 is 2.41 bits per heavy atom. The van der Waals surface area contributed by atoms with Gasteiger partial charge in [0.15, 0.2) is 0 Å². The minimum Gasteiger partial charge on any atom is -0.394 e. The number of amides is 1. The molecule has 0 aliphatic carbocycles. The first-order chi connectivity index (χ1) is 8.08. The standard InChI is InChI=1S/C12H17NO3S/c1-8(15)13-11(7-14)12(16)9-3-5-10(17-2)6-4-9/h3-6,11-12,14,16H,7H2,1-2H3,(H,13,15)/t11-,12-/m1/s1. The van der Waals surface area contributed by atoms with Crippen LogP contribution >= 0.6 is 11.8 Å². The second kappa shape index (κ2) is 6.64. The van der Waals surface area contributed by atoms with Gasteiger partial charge in [0, 0.05) is 11.8 Å². The van der Waals surface area contributed by atoms with Crippen LogP contribution in [0.1, 0.15) is 18.6 Å². The minimum absolute atomic E-state index is 0.274. The van der Waals surface area contributed by atoms with E-state index in [1.54, 1.807) is 23.9 Å². The van der Waals surface area contributed by atoms with Crippen LogP contribution < -0.4 is 5.32 Å². The molecule has 2 atom stereocenters. The Labute approximate surface area is 105 Å². The van der Waals surface area contributed by atoms with Gasteiger partial charge in [-0.2, -0.15) is 0 Å². The summed E-state index contributed by atoms with van der Waals surface area (Å²) in [4.78, 5) is 12.0. The van der Waals surface area contributed by atoms with Crippen molar-refractivity contribution in [3.05, 3.63) is 29.8 Å². The molecule has 0 unspecified atom stereocenters. The summed E-state index contributed by atoms with van der Waals surface area (Å²) < 4.78 is 0. The van der Waals surface area contributed by atoms with E-state index >= 15 is 0 Å². The summed E-state index contributed by atoms with van der Waals surface area (Å²) >= 11 is 1.61. The molecule has 0 bridgehead atoms. The highest BCUT2D eigenvalue weighted by Crippen LogP contribution is 2.21. The molecule has 0 spiro atoms. The van der Waals surface area contributed by atoms with Crippen molar-refractivity contribution in [2.75, 3.05) is 12.9 Å². The largest absolute Gasteiger partial charge is 0.394 e. The van der Waals surface area contributed by atoms with Crippen molar-refractivity contribution >= 4 is 17.7 Å². The van der Waals surface area contributed by atoms with Crippen LogP contribution in [0, 0.1) is 0 Å². The highest BCUT2D eigenvalue weighted by atomic mass is 32.2. The van der Waals surface area contributed by atoms with Crippen molar-refractivity contribution < 1.29 is 15.0 Å². The smallest absolute Gasteiger partial charge is 0.217 e. The number of hydrogen-bond donors (Lipinski definition) is 3. The summed E-state index contributed by atoms with van der Waals surface area (Å²) in [6, 6.07) is 6.70. The topological polar surface area (TPSA) is 69.6 Å². The van der Waals surface area contributed by atoms with Gasteiger partial charge in [0.05, 0.1) is 12.6 Å². The molecule has 94 valence electrons. The fraction of sp³-hybridized carbons (Fsp3) is 0.417. The Morgan fingerprint density at radius 1 is 1.41 bits per heavy atom. The maximum absolute atomic E-state index is 10.9. The molecular formula is C12H17NO3S. The first-order valence-electron chi connectivity index (χ1n) is 5.28. The zero-order valence-electron chi connectivity index (χ0n) is 9.88. The molecule has 1 aromatic carbocycles. The molecule has 1 amide bonds. The molecule has 0 aliphatic rings. The number of carbonyl (C=O) groups is 1. The number of carbonyl (C=O) groups excluding carboxylic acids is 1. The van der Waals surface area contributed by atoms with Crippen LogP contribution in [-0.2, 0) is 4.79 Å². The van der Waals surface area contributed by atoms with Gasteiger partial charge in [0.1, 0.15) is 6.10 Å². The molecule has 0 heterocycles. The molecule has 0 radical (unpaired) electrons. The molecule has 3 N–H and O–H groups in total. The zero-order valence-corrected chi connectivity index (χ0v) is 10.7. The lowest BCUT2D eigenvalue weighted by molar-refractivity contribution is -0.121. The van der Waals surface area contributed by atoms with Gasteiger partial charge in [0.2, 0.25) is 5.91 Å². The van der Waals surface area contributed by atoms with Gasteiger partial charge in [-0.15, -0.1) is 11.8 Å². The number of rotatable bonds is 5. The van der Waals surface area contributed by atoms with Gasteiger partial charge in [-0.3, -0.25) is 4.79 Å². The Morgan fingerprint density at radius 2 is 2.00 bits per heavy atom. The third-order valence-electron chi connectivity index (χ3n) is 2.42. The minimum atomic E-state index is -0.903. The molecule has 1 rings (SSSR count). The quantitative estimate of drug-likeness (QED) is 0.685. The SMILES string of the molecule is CSc1ccc([C@@H](O)[C@@H](CO)NC(C)=O)cc1. The molecule has 0 saturated carbocycles. The maximum Gasteiger partial charge on any atom is 0.217 e. The van der Waals surface area contributed by atoms with E-state index in [2.05, 4.69) is 5.32 Å². The third kappa shape index (κ3) is 4.03. The van der Waals surface area contributed by atoms with Crippen molar-refractivity contribution in [1.29, 1.82) is 0 Å². The summed E-state index contributed by atoms with van der Waals surface area (Å²) in [6.07, 6.45) is 1.07. The van der Waals surface area contributed by atoms with Gasteiger partial charge < -0.3 is 15.5 Å². The van der Waals surface area contributed by atoms with Crippen LogP contribution in [0.3, 0.4) is 0 Å². The molecule has 4 nitrogen and oxygen atoms in total. The molecule has 0 saturated heterocycles. The van der Waals surface area contributed by atoms with E-state index in [9.17, 15) is 9.90 Å². The predicted molar refractivity (Wildman–Crippen MR) is 67.9 cm³/mol. The second-order valence-corrected chi connectivity index (χ2v) is 4.59. The molecule has 0 aliphatic heterocycles. The molecule has 0 fully saturated rings. The number of aliphatic hydroxyl groups is 2. The van der Waals surface area contributed by atoms with Gasteiger partial charge in [0.25, 0.3) is 0 Å². The van der Waals surface area contributed by atoms with Crippen LogP contribution in [-0.4, -0.2) is 35.0 Å². The van der Waals surface area contributed by atoms with Crippen molar-refractivity contribution in [3.63, 3.8) is 0 Å². The van der Waals surface area contributed by atoms with Gasteiger partial charge in [-0.05, 0) is 24.0 Å². The van der Waals surface area contributed by atoms with E-state index in [4.69, 9.17) is 5.11 Å². The first-order valence-corrected chi connectivity index (χ1v) is 6.51. The lowest BCUT2D eigenvalue weighted by Gasteiger charge is -2.22. The van der Waals surface area contributed by atoms with E-state index in [0.717, 1.165) is 4.90 Å². The average molecular weight is 255 g/mol. The Bertz CT molecular complexity index is 367. The lowest BCUT2D eigenvalue weighted by Crippen LogP contribution is -2.40. The van der Waals surface area contributed by atoms with Crippen LogP contribution in [0.4, 0.5) is 0 Å². The van der Waals surface area contributed by atoms with E-state index in [0.29, 0.717) is 5.56 Å². The monoisotopic (exact) mass is 255 g/mol. The van der Waals surface area contributed by atoms with Crippen molar-refractivity contribution in [3.8, 4) is 0 Å². The summed E-state index contributed by atoms with van der Waals surface area (Å²) in [5.74, 6) is -0.274. The van der Waals surface area contributed by atoms with Crippen LogP contribution in [0.2, 0.25) is 0 Å². The highest BCUT2D eigenvalue weighted by molar-refractivity contribution is 7.98. The molecule has 5 heteroatoms. The van der Waals surface area contributed by atoms with E-state index in [1.165, 1.54) is 6.92 Å². The number of aliphatic hydroxyl groups excluding tert-OH is 2. The average Bonchev–Trinajstić information content (AvgIpc) is 2.35. The molecule has 0 aromatic heterocycles. The van der Waals surface area contributed by atoms with Gasteiger partial charge in [-0.25, -0.2) is 0 Å². The lowest BCUT2D eigenvalue weighted by atomic mass is 10.0. The molecule has 1 aromatic rings. The second-order valence-electron chi connectivity index (χ2n) is 3.71. The number of hydrogen-bond acceptors (Lipinski definition) is 4. The van der Waals surface area contributed by atoms with Crippen molar-refractivity contribution in [2.24, 2.45) is 0 Å². The van der Waals surface area contributed by atoms with Crippen LogP contribution in [0.5, 0.6) is 0 Å². The van der Waals surface area contributed by atoms with Gasteiger partial charge >= 0.3 is 0 Å². The fourth-order valence-electron chi connectivity index (χ4n) is 1.52. The van der Waals surface area contributed by atoms with E-state index < -0.39 is 12.1 Å². The van der Waals surface area contributed by atoms with E-state index in [1.807, 2.05) is 18.4 Å². The third-order valence-corrected chi connectivity index (χ3v) is 3.17. The fourth-order valence-corrected chi connectivity index (χ4v) is 1.93. The summed E-state index contributed by atoms with van der Waals surface area (Å²) in [7, 11) is 0. The normalized spacial score (nSPS) is 14.1. The number of benzene rings is 1. The van der Waals surface area contributed by atoms with Crippen LogP contribution in [0.25, 0.3) is 0 Å².